The zero-order valence-corrected chi connectivity index (χ0v) is 18.5. The van der Waals surface area contributed by atoms with Gasteiger partial charge in [-0.25, -0.2) is 0 Å². The van der Waals surface area contributed by atoms with Gasteiger partial charge >= 0.3 is 6.01 Å². The Morgan fingerprint density at radius 2 is 1.23 bits per heavy atom. The van der Waals surface area contributed by atoms with Crippen LogP contribution in [0.3, 0.4) is 0 Å². The summed E-state index contributed by atoms with van der Waals surface area (Å²) in [5, 5.41) is 18.2. The van der Waals surface area contributed by atoms with E-state index in [0.717, 1.165) is 22.3 Å². The van der Waals surface area contributed by atoms with E-state index in [2.05, 4.69) is 38.0 Å². The van der Waals surface area contributed by atoms with Gasteiger partial charge in [-0.15, -0.1) is 0 Å². The van der Waals surface area contributed by atoms with Crippen LogP contribution in [-0.4, -0.2) is 9.97 Å². The van der Waals surface area contributed by atoms with E-state index in [1.165, 1.54) is 0 Å². The van der Waals surface area contributed by atoms with Crippen LogP contribution in [0.4, 0.5) is 5.82 Å². The highest BCUT2D eigenvalue weighted by Crippen LogP contribution is 2.37. The normalized spacial score (nSPS) is 10.2. The molecule has 0 aliphatic carbocycles. The van der Waals surface area contributed by atoms with Gasteiger partial charge in [0.2, 0.25) is 5.88 Å². The van der Waals surface area contributed by atoms with Crippen molar-refractivity contribution in [1.29, 1.82) is 10.5 Å². The summed E-state index contributed by atoms with van der Waals surface area (Å²) < 4.78 is 12.3. The van der Waals surface area contributed by atoms with Crippen molar-refractivity contribution in [2.24, 2.45) is 0 Å². The maximum atomic E-state index is 9.13. The van der Waals surface area contributed by atoms with Crippen molar-refractivity contribution in [2.45, 2.75) is 27.7 Å². The molecule has 30 heavy (non-hydrogen) atoms. The van der Waals surface area contributed by atoms with Crippen molar-refractivity contribution < 1.29 is 9.47 Å². The van der Waals surface area contributed by atoms with Gasteiger partial charge in [0, 0.05) is 0 Å². The third-order valence-corrected chi connectivity index (χ3v) is 5.14. The molecule has 0 radical (unpaired) electrons. The molecule has 2 aromatic carbocycles. The molecule has 3 rings (SSSR count). The molecule has 3 aromatic rings. The van der Waals surface area contributed by atoms with Crippen molar-refractivity contribution in [3.8, 4) is 35.5 Å². The molecule has 1 heterocycles. The molecule has 7 nitrogen and oxygen atoms in total. The van der Waals surface area contributed by atoms with Gasteiger partial charge in [0.1, 0.15) is 21.8 Å². The van der Waals surface area contributed by atoms with Crippen molar-refractivity contribution in [3.63, 3.8) is 0 Å². The Morgan fingerprint density at radius 1 is 0.800 bits per heavy atom. The van der Waals surface area contributed by atoms with Gasteiger partial charge in [-0.3, -0.25) is 0 Å². The number of hydrogen-bond donors (Lipinski definition) is 1. The molecule has 0 amide bonds. The maximum Gasteiger partial charge on any atom is 0.327 e. The summed E-state index contributed by atoms with van der Waals surface area (Å²) in [6.07, 6.45) is 0. The van der Waals surface area contributed by atoms with Gasteiger partial charge < -0.3 is 15.2 Å². The van der Waals surface area contributed by atoms with E-state index in [4.69, 9.17) is 25.7 Å². The number of benzene rings is 2. The molecular weight excluding hydrogens is 446 g/mol. The minimum atomic E-state index is 0.0190. The summed E-state index contributed by atoms with van der Waals surface area (Å²) >= 11 is 3.36. The summed E-state index contributed by atoms with van der Waals surface area (Å²) in [7, 11) is 0. The second-order valence-electron chi connectivity index (χ2n) is 6.82. The molecule has 0 atom stereocenters. The van der Waals surface area contributed by atoms with Gasteiger partial charge in [-0.05, 0) is 90.1 Å². The van der Waals surface area contributed by atoms with Gasteiger partial charge in [0.25, 0.3) is 0 Å². The van der Waals surface area contributed by atoms with Crippen molar-refractivity contribution in [3.05, 3.63) is 62.1 Å². The van der Waals surface area contributed by atoms with Crippen LogP contribution < -0.4 is 15.2 Å². The number of nitrogen functional groups attached to an aromatic ring is 1. The van der Waals surface area contributed by atoms with Crippen LogP contribution in [0.5, 0.6) is 23.4 Å². The fourth-order valence-electron chi connectivity index (χ4n) is 3.08. The highest BCUT2D eigenvalue weighted by atomic mass is 79.9. The highest BCUT2D eigenvalue weighted by Gasteiger charge is 2.18. The number of nitriles is 2. The summed E-state index contributed by atoms with van der Waals surface area (Å²) in [5.74, 6) is 1.47. The summed E-state index contributed by atoms with van der Waals surface area (Å²) in [6, 6.07) is 11.2. The zero-order chi connectivity index (χ0) is 22.0. The third kappa shape index (κ3) is 4.19. The molecule has 0 spiro atoms. The van der Waals surface area contributed by atoms with Gasteiger partial charge in [-0.2, -0.15) is 20.5 Å². The van der Waals surface area contributed by atoms with Crippen molar-refractivity contribution in [1.82, 2.24) is 9.97 Å². The quantitative estimate of drug-likeness (QED) is 0.551. The Bertz CT molecular complexity index is 1200. The first-order valence-electron chi connectivity index (χ1n) is 8.95. The predicted molar refractivity (Wildman–Crippen MR) is 116 cm³/mol. The van der Waals surface area contributed by atoms with Crippen LogP contribution in [0.15, 0.2) is 28.7 Å². The molecule has 0 fully saturated rings. The predicted octanol–water partition coefficient (Wildman–Crippen LogP) is 5.38. The molecule has 0 aliphatic rings. The monoisotopic (exact) mass is 463 g/mol. The van der Waals surface area contributed by atoms with Crippen LogP contribution in [0, 0.1) is 50.4 Å². The number of rotatable bonds is 4. The first-order valence-corrected chi connectivity index (χ1v) is 9.74. The fraction of sp³-hybridized carbons (Fsp3) is 0.182. The number of aromatic nitrogens is 2. The number of nitrogens with zero attached hydrogens (tertiary/aromatic N) is 4. The topological polar surface area (TPSA) is 118 Å². The van der Waals surface area contributed by atoms with Gasteiger partial charge in [0.05, 0.1) is 23.3 Å². The van der Waals surface area contributed by atoms with Gasteiger partial charge in [-0.1, -0.05) is 0 Å². The Kier molecular flexibility index (Phi) is 5.91. The average Bonchev–Trinajstić information content (AvgIpc) is 2.70. The van der Waals surface area contributed by atoms with E-state index in [9.17, 15) is 0 Å². The fourth-order valence-corrected chi connectivity index (χ4v) is 3.33. The largest absolute Gasteiger partial charge is 0.437 e. The summed E-state index contributed by atoms with van der Waals surface area (Å²) in [6.45, 7) is 7.38. The summed E-state index contributed by atoms with van der Waals surface area (Å²) in [5.41, 5.74) is 10.3. The van der Waals surface area contributed by atoms with E-state index in [1.807, 2.05) is 27.7 Å². The minimum Gasteiger partial charge on any atom is -0.437 e. The second-order valence-corrected chi connectivity index (χ2v) is 7.61. The molecule has 0 unspecified atom stereocenters. The zero-order valence-electron chi connectivity index (χ0n) is 16.9. The smallest absolute Gasteiger partial charge is 0.327 e. The molecular formula is C22H18BrN5O2. The van der Waals surface area contributed by atoms with Crippen LogP contribution in [0.1, 0.15) is 33.4 Å². The number of nitrogens with two attached hydrogens (primary N) is 1. The van der Waals surface area contributed by atoms with Crippen LogP contribution >= 0.6 is 15.9 Å². The lowest BCUT2D eigenvalue weighted by atomic mass is 10.1. The number of aryl methyl sites for hydroxylation is 4. The lowest BCUT2D eigenvalue weighted by Gasteiger charge is -2.15. The average molecular weight is 464 g/mol. The van der Waals surface area contributed by atoms with E-state index in [-0.39, 0.29) is 17.7 Å². The molecule has 0 bridgehead atoms. The standard InChI is InChI=1S/C22H18BrN5O2/c1-11-5-15(9-24)6-12(2)18(11)29-21-17(23)20(26)27-22(28-21)30-19-13(3)7-16(10-25)8-14(19)4/h5-8H,1-4H3,(H2,26,27,28). The number of hydrogen-bond acceptors (Lipinski definition) is 7. The minimum absolute atomic E-state index is 0.0190. The summed E-state index contributed by atoms with van der Waals surface area (Å²) in [4.78, 5) is 8.54. The highest BCUT2D eigenvalue weighted by molar-refractivity contribution is 9.10. The van der Waals surface area contributed by atoms with Crippen molar-refractivity contribution in [2.75, 3.05) is 5.73 Å². The van der Waals surface area contributed by atoms with Crippen LogP contribution in [0.25, 0.3) is 0 Å². The second kappa shape index (κ2) is 8.40. The van der Waals surface area contributed by atoms with E-state index < -0.39 is 0 Å². The lowest BCUT2D eigenvalue weighted by molar-refractivity contribution is 0.405. The molecule has 150 valence electrons. The number of ether oxygens (including phenoxy) is 2. The SMILES string of the molecule is Cc1cc(C#N)cc(C)c1Oc1nc(N)c(Br)c(Oc2c(C)cc(C#N)cc2C)n1. The van der Waals surface area contributed by atoms with E-state index in [1.54, 1.807) is 24.3 Å². The Balaban J connectivity index is 2.01. The van der Waals surface area contributed by atoms with E-state index >= 15 is 0 Å². The first-order chi connectivity index (χ1) is 14.2. The van der Waals surface area contributed by atoms with Crippen molar-refractivity contribution >= 4 is 21.7 Å². The van der Waals surface area contributed by atoms with Gasteiger partial charge in [0.15, 0.2) is 0 Å². The molecule has 8 heteroatoms. The van der Waals surface area contributed by atoms with E-state index in [0.29, 0.717) is 27.1 Å². The molecule has 1 aromatic heterocycles. The Morgan fingerprint density at radius 3 is 1.67 bits per heavy atom. The molecule has 0 saturated carbocycles. The third-order valence-electron chi connectivity index (χ3n) is 4.40. The molecule has 0 aliphatic heterocycles. The van der Waals surface area contributed by atoms with Crippen LogP contribution in [0.2, 0.25) is 0 Å². The van der Waals surface area contributed by atoms with Crippen LogP contribution in [-0.2, 0) is 0 Å². The number of halogens is 1. The lowest BCUT2D eigenvalue weighted by Crippen LogP contribution is -2.03. The number of anilines is 1. The Labute approximate surface area is 182 Å². The Hall–Kier alpha value is -3.62. The maximum absolute atomic E-state index is 9.13. The molecule has 2 N–H and O–H groups in total. The molecule has 0 saturated heterocycles. The first kappa shape index (κ1) is 21.1.